The van der Waals surface area contributed by atoms with Crippen molar-refractivity contribution in [2.24, 2.45) is 0 Å². The molecule has 1 aliphatic heterocycles. The lowest BCUT2D eigenvalue weighted by Crippen LogP contribution is -2.43. The van der Waals surface area contributed by atoms with Crippen LogP contribution in [0.4, 0.5) is 0 Å². The van der Waals surface area contributed by atoms with E-state index in [0.29, 0.717) is 18.1 Å². The number of carbonyl (C=O) groups is 1. The number of benzene rings is 1. The molecule has 2 aliphatic carbocycles. The van der Waals surface area contributed by atoms with Crippen molar-refractivity contribution >= 4 is 5.78 Å². The minimum absolute atomic E-state index is 0.186. The van der Waals surface area contributed by atoms with Gasteiger partial charge in [0, 0.05) is 0 Å². The summed E-state index contributed by atoms with van der Waals surface area (Å²) in [6.07, 6.45) is 12.9. The highest BCUT2D eigenvalue weighted by atomic mass is 16.5. The average molecular weight is 298 g/mol. The van der Waals surface area contributed by atoms with Gasteiger partial charge in [0.05, 0.1) is 12.0 Å². The van der Waals surface area contributed by atoms with Gasteiger partial charge in [-0.15, -0.1) is 0 Å². The summed E-state index contributed by atoms with van der Waals surface area (Å²) in [5.41, 5.74) is 2.02. The van der Waals surface area contributed by atoms with Crippen LogP contribution in [0, 0.1) is 0 Å². The van der Waals surface area contributed by atoms with Gasteiger partial charge in [-0.25, -0.2) is 0 Å². The molecule has 0 bridgehead atoms. The van der Waals surface area contributed by atoms with Crippen LogP contribution in [0.1, 0.15) is 92.5 Å². The van der Waals surface area contributed by atoms with Crippen LogP contribution in [0.2, 0.25) is 0 Å². The molecule has 1 heterocycles. The van der Waals surface area contributed by atoms with Crippen LogP contribution >= 0.6 is 0 Å². The third-order valence-electron chi connectivity index (χ3n) is 5.95. The Balaban J connectivity index is 1.61. The molecule has 1 spiro atoms. The molecular weight excluding hydrogens is 272 g/mol. The Labute approximate surface area is 133 Å². The van der Waals surface area contributed by atoms with Gasteiger partial charge >= 0.3 is 0 Å². The molecule has 0 amide bonds. The molecule has 0 N–H and O–H groups in total. The Morgan fingerprint density at radius 2 is 1.68 bits per heavy atom. The lowest BCUT2D eigenvalue weighted by Gasteiger charge is -2.41. The predicted octanol–water partition coefficient (Wildman–Crippen LogP) is 5.40. The summed E-state index contributed by atoms with van der Waals surface area (Å²) in [7, 11) is 0. The number of fused-ring (bicyclic) bond motifs is 1. The zero-order valence-corrected chi connectivity index (χ0v) is 13.4. The van der Waals surface area contributed by atoms with Crippen LogP contribution in [0.25, 0.3) is 0 Å². The van der Waals surface area contributed by atoms with Crippen LogP contribution in [0.3, 0.4) is 0 Å². The van der Waals surface area contributed by atoms with E-state index >= 15 is 0 Å². The zero-order chi connectivity index (χ0) is 15.0. The summed E-state index contributed by atoms with van der Waals surface area (Å²) in [5.74, 6) is 1.80. The first kappa shape index (κ1) is 14.3. The standard InChI is InChI=1S/C20H26O2/c21-18-14-20(11-5-2-6-12-20)22-19-10-9-16(13-17(18)19)15-7-3-1-4-8-15/h9-10,13,15H,1-8,11-12,14H2. The molecule has 3 aliphatic rings. The van der Waals surface area contributed by atoms with Gasteiger partial charge in [0.1, 0.15) is 11.4 Å². The SMILES string of the molecule is O=C1CC2(CCCCC2)Oc2ccc(C3CCCCC3)cc21. The highest BCUT2D eigenvalue weighted by molar-refractivity contribution is 6.00. The number of ether oxygens (including phenoxy) is 1. The molecule has 1 aromatic carbocycles. The molecule has 0 radical (unpaired) electrons. The van der Waals surface area contributed by atoms with Crippen molar-refractivity contribution in [3.63, 3.8) is 0 Å². The smallest absolute Gasteiger partial charge is 0.170 e. The average Bonchev–Trinajstić information content (AvgIpc) is 2.56. The normalized spacial score (nSPS) is 24.8. The molecule has 2 nitrogen and oxygen atoms in total. The first-order valence-electron chi connectivity index (χ1n) is 9.12. The van der Waals surface area contributed by atoms with Gasteiger partial charge in [-0.05, 0) is 62.1 Å². The molecule has 2 fully saturated rings. The van der Waals surface area contributed by atoms with E-state index in [4.69, 9.17) is 4.74 Å². The zero-order valence-electron chi connectivity index (χ0n) is 13.4. The third kappa shape index (κ3) is 2.57. The molecule has 2 saturated carbocycles. The van der Waals surface area contributed by atoms with Crippen molar-refractivity contribution in [3.8, 4) is 5.75 Å². The molecule has 0 unspecified atom stereocenters. The van der Waals surface area contributed by atoms with E-state index < -0.39 is 0 Å². The second-order valence-corrected chi connectivity index (χ2v) is 7.54. The molecular formula is C20H26O2. The van der Waals surface area contributed by atoms with E-state index in [2.05, 4.69) is 18.2 Å². The lowest BCUT2D eigenvalue weighted by molar-refractivity contribution is 0.0136. The minimum Gasteiger partial charge on any atom is -0.486 e. The van der Waals surface area contributed by atoms with Crippen molar-refractivity contribution in [2.75, 3.05) is 0 Å². The van der Waals surface area contributed by atoms with Gasteiger partial charge < -0.3 is 4.74 Å². The molecule has 118 valence electrons. The van der Waals surface area contributed by atoms with Crippen molar-refractivity contribution in [3.05, 3.63) is 29.3 Å². The fraction of sp³-hybridized carbons (Fsp3) is 0.650. The van der Waals surface area contributed by atoms with Crippen molar-refractivity contribution < 1.29 is 9.53 Å². The van der Waals surface area contributed by atoms with E-state index in [9.17, 15) is 4.79 Å². The molecule has 4 rings (SSSR count). The highest BCUT2D eigenvalue weighted by Gasteiger charge is 2.41. The van der Waals surface area contributed by atoms with E-state index in [0.717, 1.165) is 24.2 Å². The molecule has 2 heteroatoms. The fourth-order valence-corrected chi connectivity index (χ4v) is 4.68. The van der Waals surface area contributed by atoms with E-state index in [1.807, 2.05) is 0 Å². The van der Waals surface area contributed by atoms with Crippen molar-refractivity contribution in [2.45, 2.75) is 82.1 Å². The number of Topliss-reactive ketones (excluding diaryl/α,β-unsaturated/α-hetero) is 1. The van der Waals surface area contributed by atoms with E-state index in [-0.39, 0.29) is 5.60 Å². The Morgan fingerprint density at radius 1 is 0.955 bits per heavy atom. The van der Waals surface area contributed by atoms with Crippen LogP contribution in [0.15, 0.2) is 18.2 Å². The van der Waals surface area contributed by atoms with E-state index in [1.54, 1.807) is 0 Å². The van der Waals surface area contributed by atoms with Crippen LogP contribution in [0.5, 0.6) is 5.75 Å². The summed E-state index contributed by atoms with van der Waals surface area (Å²) in [6, 6.07) is 6.43. The Kier molecular flexibility index (Phi) is 3.71. The largest absolute Gasteiger partial charge is 0.486 e. The molecule has 0 aromatic heterocycles. The molecule has 22 heavy (non-hydrogen) atoms. The summed E-state index contributed by atoms with van der Waals surface area (Å²) >= 11 is 0. The first-order chi connectivity index (χ1) is 10.8. The topological polar surface area (TPSA) is 26.3 Å². The van der Waals surface area contributed by atoms with Gasteiger partial charge in [-0.3, -0.25) is 4.79 Å². The third-order valence-corrected chi connectivity index (χ3v) is 5.95. The van der Waals surface area contributed by atoms with E-state index in [1.165, 1.54) is 56.9 Å². The van der Waals surface area contributed by atoms with Gasteiger partial charge in [0.2, 0.25) is 0 Å². The van der Waals surface area contributed by atoms with Gasteiger partial charge in [-0.2, -0.15) is 0 Å². The molecule has 1 aromatic rings. The fourth-order valence-electron chi connectivity index (χ4n) is 4.68. The Bertz CT molecular complexity index is 563. The predicted molar refractivity (Wildman–Crippen MR) is 87.7 cm³/mol. The Hall–Kier alpha value is -1.31. The summed E-state index contributed by atoms with van der Waals surface area (Å²) < 4.78 is 6.35. The number of hydrogen-bond donors (Lipinski definition) is 0. The van der Waals surface area contributed by atoms with Crippen LogP contribution < -0.4 is 4.74 Å². The number of carbonyl (C=O) groups excluding carboxylic acids is 1. The second-order valence-electron chi connectivity index (χ2n) is 7.54. The van der Waals surface area contributed by atoms with Crippen LogP contribution in [-0.2, 0) is 0 Å². The maximum absolute atomic E-state index is 12.7. The number of ketones is 1. The molecule has 0 atom stereocenters. The van der Waals surface area contributed by atoms with Crippen LogP contribution in [-0.4, -0.2) is 11.4 Å². The summed E-state index contributed by atoms with van der Waals surface area (Å²) in [6.45, 7) is 0. The molecule has 0 saturated heterocycles. The Morgan fingerprint density at radius 3 is 2.45 bits per heavy atom. The summed E-state index contributed by atoms with van der Waals surface area (Å²) in [4.78, 5) is 12.7. The highest BCUT2D eigenvalue weighted by Crippen LogP contribution is 2.43. The minimum atomic E-state index is -0.186. The van der Waals surface area contributed by atoms with Crippen molar-refractivity contribution in [1.29, 1.82) is 0 Å². The second kappa shape index (κ2) is 5.72. The maximum atomic E-state index is 12.7. The summed E-state index contributed by atoms with van der Waals surface area (Å²) in [5, 5.41) is 0. The quantitative estimate of drug-likeness (QED) is 0.693. The van der Waals surface area contributed by atoms with Gasteiger partial charge in [-0.1, -0.05) is 31.7 Å². The van der Waals surface area contributed by atoms with Gasteiger partial charge in [0.25, 0.3) is 0 Å². The van der Waals surface area contributed by atoms with Crippen molar-refractivity contribution in [1.82, 2.24) is 0 Å². The monoisotopic (exact) mass is 298 g/mol. The van der Waals surface area contributed by atoms with Gasteiger partial charge in [0.15, 0.2) is 5.78 Å². The lowest BCUT2D eigenvalue weighted by atomic mass is 9.77. The maximum Gasteiger partial charge on any atom is 0.170 e. The number of hydrogen-bond acceptors (Lipinski definition) is 2. The number of rotatable bonds is 1. The first-order valence-corrected chi connectivity index (χ1v) is 9.12.